The molecule has 0 spiro atoms. The Balaban J connectivity index is 1.92. The number of benzene rings is 2. The largest absolute Gasteiger partial charge is 0.478 e. The molecular formula is C15H8F3NO3S. The second-order valence-corrected chi connectivity index (χ2v) is 5.59. The number of carbonyl (C=O) groups is 1. The number of hydrogen-bond acceptors (Lipinski definition) is 4. The first-order valence-corrected chi connectivity index (χ1v) is 7.13. The van der Waals surface area contributed by atoms with Crippen LogP contribution in [0.2, 0.25) is 0 Å². The number of carboxylic acids is 1. The van der Waals surface area contributed by atoms with Crippen LogP contribution < -0.4 is 4.74 Å². The number of fused-ring (bicyclic) bond motifs is 1. The lowest BCUT2D eigenvalue weighted by Gasteiger charge is -2.04. The highest BCUT2D eigenvalue weighted by atomic mass is 32.1. The van der Waals surface area contributed by atoms with Crippen LogP contribution in [0.15, 0.2) is 42.5 Å². The lowest BCUT2D eigenvalue weighted by Crippen LogP contribution is -2.03. The van der Waals surface area contributed by atoms with Crippen molar-refractivity contribution in [3.05, 3.63) is 53.6 Å². The van der Waals surface area contributed by atoms with Crippen LogP contribution in [-0.4, -0.2) is 16.1 Å². The second kappa shape index (κ2) is 5.54. The number of nitrogens with zero attached hydrogens (tertiary/aromatic N) is 1. The van der Waals surface area contributed by atoms with E-state index in [0.717, 1.165) is 23.5 Å². The Morgan fingerprint density at radius 2 is 1.96 bits per heavy atom. The van der Waals surface area contributed by atoms with Gasteiger partial charge in [-0.05, 0) is 36.4 Å². The maximum absolute atomic E-state index is 12.7. The molecule has 0 saturated carbocycles. The van der Waals surface area contributed by atoms with Crippen molar-refractivity contribution in [2.75, 3.05) is 0 Å². The Morgan fingerprint density at radius 3 is 2.65 bits per heavy atom. The number of alkyl halides is 3. The van der Waals surface area contributed by atoms with Gasteiger partial charge in [-0.1, -0.05) is 17.4 Å². The number of aromatic nitrogens is 1. The predicted molar refractivity (Wildman–Crippen MR) is 78.1 cm³/mol. The van der Waals surface area contributed by atoms with Gasteiger partial charge in [0.15, 0.2) is 0 Å². The summed E-state index contributed by atoms with van der Waals surface area (Å²) in [5.74, 6) is -0.852. The number of thiazole rings is 1. The minimum atomic E-state index is -4.44. The van der Waals surface area contributed by atoms with Gasteiger partial charge in [-0.2, -0.15) is 13.2 Å². The first-order chi connectivity index (χ1) is 10.8. The Morgan fingerprint density at radius 1 is 1.17 bits per heavy atom. The molecule has 4 nitrogen and oxygen atoms in total. The van der Waals surface area contributed by atoms with Crippen molar-refractivity contribution in [3.8, 4) is 10.9 Å². The molecule has 0 amide bonds. The molecule has 0 atom stereocenters. The molecule has 0 aliphatic carbocycles. The zero-order valence-corrected chi connectivity index (χ0v) is 12.1. The molecule has 118 valence electrons. The van der Waals surface area contributed by atoms with Gasteiger partial charge < -0.3 is 9.84 Å². The van der Waals surface area contributed by atoms with E-state index in [1.807, 2.05) is 0 Å². The van der Waals surface area contributed by atoms with Crippen molar-refractivity contribution in [2.24, 2.45) is 0 Å². The monoisotopic (exact) mass is 339 g/mol. The molecule has 0 radical (unpaired) electrons. The minimum absolute atomic E-state index is 0.0444. The summed E-state index contributed by atoms with van der Waals surface area (Å²) >= 11 is 1.08. The van der Waals surface area contributed by atoms with Crippen molar-refractivity contribution in [3.63, 3.8) is 0 Å². The fourth-order valence-electron chi connectivity index (χ4n) is 1.92. The highest BCUT2D eigenvalue weighted by Crippen LogP contribution is 2.36. The zero-order chi connectivity index (χ0) is 16.6. The number of aromatic carboxylic acids is 1. The molecule has 3 rings (SSSR count). The molecule has 0 unspecified atom stereocenters. The maximum atomic E-state index is 12.7. The van der Waals surface area contributed by atoms with Gasteiger partial charge in [0, 0.05) is 0 Å². The summed E-state index contributed by atoms with van der Waals surface area (Å²) in [6, 6.07) is 9.03. The second-order valence-electron chi connectivity index (χ2n) is 4.60. The molecule has 23 heavy (non-hydrogen) atoms. The van der Waals surface area contributed by atoms with Crippen LogP contribution in [0.25, 0.3) is 10.2 Å². The minimum Gasteiger partial charge on any atom is -0.478 e. The third-order valence-electron chi connectivity index (χ3n) is 2.98. The standard InChI is InChI=1S/C15H8F3NO3S/c16-15(17,18)9-4-5-12-11(7-9)19-14(23-12)22-10-3-1-2-8(6-10)13(20)21/h1-7H,(H,20,21). The van der Waals surface area contributed by atoms with E-state index in [1.54, 1.807) is 6.07 Å². The summed E-state index contributed by atoms with van der Waals surface area (Å²) in [5.41, 5.74) is -0.563. The van der Waals surface area contributed by atoms with E-state index in [4.69, 9.17) is 9.84 Å². The molecule has 1 aromatic heterocycles. The van der Waals surface area contributed by atoms with Crippen LogP contribution in [-0.2, 0) is 6.18 Å². The fourth-order valence-corrected chi connectivity index (χ4v) is 2.73. The molecule has 0 aliphatic heterocycles. The molecule has 1 N–H and O–H groups in total. The first-order valence-electron chi connectivity index (χ1n) is 6.32. The quantitative estimate of drug-likeness (QED) is 0.744. The van der Waals surface area contributed by atoms with E-state index in [-0.39, 0.29) is 22.0 Å². The van der Waals surface area contributed by atoms with E-state index < -0.39 is 17.7 Å². The van der Waals surface area contributed by atoms with Crippen LogP contribution in [0.3, 0.4) is 0 Å². The lowest BCUT2D eigenvalue weighted by molar-refractivity contribution is -0.137. The van der Waals surface area contributed by atoms with Crippen molar-refractivity contribution in [1.82, 2.24) is 4.98 Å². The number of rotatable bonds is 3. The van der Waals surface area contributed by atoms with E-state index in [1.165, 1.54) is 24.3 Å². The first kappa shape index (κ1) is 15.3. The van der Waals surface area contributed by atoms with Gasteiger partial charge >= 0.3 is 12.1 Å². The highest BCUT2D eigenvalue weighted by Gasteiger charge is 2.30. The third-order valence-corrected chi connectivity index (χ3v) is 3.90. The van der Waals surface area contributed by atoms with E-state index in [2.05, 4.69) is 4.98 Å². The topological polar surface area (TPSA) is 59.4 Å². The van der Waals surface area contributed by atoms with E-state index in [9.17, 15) is 18.0 Å². The van der Waals surface area contributed by atoms with Crippen LogP contribution >= 0.6 is 11.3 Å². The molecular weight excluding hydrogens is 331 g/mol. The molecule has 2 aromatic carbocycles. The number of ether oxygens (including phenoxy) is 1. The smallest absolute Gasteiger partial charge is 0.416 e. The number of halogens is 3. The van der Waals surface area contributed by atoms with Crippen molar-refractivity contribution in [2.45, 2.75) is 6.18 Å². The molecule has 8 heteroatoms. The summed E-state index contributed by atoms with van der Waals surface area (Å²) in [6.45, 7) is 0. The summed E-state index contributed by atoms with van der Waals surface area (Å²) in [4.78, 5) is 14.9. The number of hydrogen-bond donors (Lipinski definition) is 1. The fraction of sp³-hybridized carbons (Fsp3) is 0.0667. The van der Waals surface area contributed by atoms with Crippen LogP contribution in [0.1, 0.15) is 15.9 Å². The predicted octanol–water partition coefficient (Wildman–Crippen LogP) is 4.81. The maximum Gasteiger partial charge on any atom is 0.416 e. The Bertz CT molecular complexity index is 889. The Labute approximate surface area is 131 Å². The summed E-state index contributed by atoms with van der Waals surface area (Å²) in [5, 5.41) is 9.06. The van der Waals surface area contributed by atoms with Crippen LogP contribution in [0, 0.1) is 0 Å². The summed E-state index contributed by atoms with van der Waals surface area (Å²) in [6.07, 6.45) is -4.44. The van der Waals surface area contributed by atoms with Crippen molar-refractivity contribution < 1.29 is 27.8 Å². The van der Waals surface area contributed by atoms with Gasteiger partial charge in [-0.3, -0.25) is 0 Å². The van der Waals surface area contributed by atoms with E-state index >= 15 is 0 Å². The van der Waals surface area contributed by atoms with Crippen LogP contribution in [0.4, 0.5) is 13.2 Å². The SMILES string of the molecule is O=C(O)c1cccc(Oc2nc3cc(C(F)(F)F)ccc3s2)c1. The molecule has 3 aromatic rings. The van der Waals surface area contributed by atoms with E-state index in [0.29, 0.717) is 4.70 Å². The average Bonchev–Trinajstić information content (AvgIpc) is 2.87. The highest BCUT2D eigenvalue weighted by molar-refractivity contribution is 7.20. The van der Waals surface area contributed by atoms with Gasteiger partial charge in [0.2, 0.25) is 0 Å². The van der Waals surface area contributed by atoms with Gasteiger partial charge in [-0.15, -0.1) is 0 Å². The van der Waals surface area contributed by atoms with Crippen molar-refractivity contribution >= 4 is 27.5 Å². The van der Waals surface area contributed by atoms with Gasteiger partial charge in [0.1, 0.15) is 5.75 Å². The van der Waals surface area contributed by atoms with Crippen LogP contribution in [0.5, 0.6) is 10.9 Å². The summed E-state index contributed by atoms with van der Waals surface area (Å²) < 4.78 is 44.0. The lowest BCUT2D eigenvalue weighted by atomic mass is 10.2. The number of carboxylic acid groups (broad SMARTS) is 1. The van der Waals surface area contributed by atoms with Gasteiger partial charge in [-0.25, -0.2) is 9.78 Å². The molecule has 0 aliphatic rings. The van der Waals surface area contributed by atoms with Crippen molar-refractivity contribution in [1.29, 1.82) is 0 Å². The third kappa shape index (κ3) is 3.26. The Kier molecular flexibility index (Phi) is 3.69. The zero-order valence-electron chi connectivity index (χ0n) is 11.3. The molecule has 0 saturated heterocycles. The normalized spacial score (nSPS) is 11.6. The van der Waals surface area contributed by atoms with Gasteiger partial charge in [0.05, 0.1) is 21.3 Å². The van der Waals surface area contributed by atoms with Gasteiger partial charge in [0.25, 0.3) is 5.19 Å². The molecule has 0 bridgehead atoms. The molecule has 0 fully saturated rings. The molecule has 1 heterocycles. The summed E-state index contributed by atoms with van der Waals surface area (Å²) in [7, 11) is 0. The average molecular weight is 339 g/mol. The Hall–Kier alpha value is -2.61.